The molecule has 0 bridgehead atoms. The predicted molar refractivity (Wildman–Crippen MR) is 112 cm³/mol. The summed E-state index contributed by atoms with van der Waals surface area (Å²) in [7, 11) is 1.60. The molecule has 0 spiro atoms. The number of carbonyl (C=O) groups is 1. The second-order valence-electron chi connectivity index (χ2n) is 6.11. The normalized spacial score (nSPS) is 12.3. The molecule has 1 aromatic heterocycles. The SMILES string of the molecule is COCC(C)n1c(SCC(=O)c2ccc(Br)cc2)nc2ccccc2c1=O. The van der Waals surface area contributed by atoms with Gasteiger partial charge >= 0.3 is 0 Å². The molecule has 0 aliphatic rings. The lowest BCUT2D eigenvalue weighted by molar-refractivity contribution is 0.102. The van der Waals surface area contributed by atoms with Gasteiger partial charge in [0.15, 0.2) is 10.9 Å². The number of benzene rings is 2. The zero-order valence-corrected chi connectivity index (χ0v) is 17.4. The molecule has 1 unspecified atom stereocenters. The maximum absolute atomic E-state index is 13.0. The smallest absolute Gasteiger partial charge is 0.262 e. The van der Waals surface area contributed by atoms with Crippen LogP contribution in [-0.4, -0.2) is 34.8 Å². The quantitative estimate of drug-likeness (QED) is 0.306. The molecule has 0 N–H and O–H groups in total. The van der Waals surface area contributed by atoms with E-state index in [0.29, 0.717) is 28.2 Å². The third kappa shape index (κ3) is 4.48. The topological polar surface area (TPSA) is 61.2 Å². The van der Waals surface area contributed by atoms with Gasteiger partial charge in [0.1, 0.15) is 0 Å². The van der Waals surface area contributed by atoms with E-state index in [1.165, 1.54) is 11.8 Å². The van der Waals surface area contributed by atoms with Crippen LogP contribution in [0.25, 0.3) is 10.9 Å². The average Bonchev–Trinajstić information content (AvgIpc) is 2.67. The maximum Gasteiger partial charge on any atom is 0.262 e. The molecule has 3 rings (SSSR count). The second kappa shape index (κ2) is 8.82. The van der Waals surface area contributed by atoms with Gasteiger partial charge in [-0.25, -0.2) is 4.98 Å². The predicted octanol–water partition coefficient (Wildman–Crippen LogP) is 4.34. The first-order valence-corrected chi connectivity index (χ1v) is 10.2. The number of carbonyl (C=O) groups excluding carboxylic acids is 1. The van der Waals surface area contributed by atoms with Gasteiger partial charge in [-0.2, -0.15) is 0 Å². The summed E-state index contributed by atoms with van der Waals surface area (Å²) in [6.07, 6.45) is 0. The number of thioether (sulfide) groups is 1. The minimum Gasteiger partial charge on any atom is -0.383 e. The lowest BCUT2D eigenvalue weighted by atomic mass is 10.2. The molecule has 1 atom stereocenters. The number of rotatable bonds is 7. The summed E-state index contributed by atoms with van der Waals surface area (Å²) in [5.74, 6) is 0.187. The van der Waals surface area contributed by atoms with Crippen molar-refractivity contribution in [3.63, 3.8) is 0 Å². The molecule has 0 aliphatic carbocycles. The molecule has 0 radical (unpaired) electrons. The zero-order chi connectivity index (χ0) is 19.4. The molecule has 7 heteroatoms. The Hall–Kier alpha value is -1.96. The van der Waals surface area contributed by atoms with Gasteiger partial charge in [-0.1, -0.05) is 52.0 Å². The van der Waals surface area contributed by atoms with Gasteiger partial charge in [0.05, 0.1) is 29.3 Å². The Balaban J connectivity index is 1.94. The van der Waals surface area contributed by atoms with Crippen LogP contribution in [0.2, 0.25) is 0 Å². The highest BCUT2D eigenvalue weighted by atomic mass is 79.9. The summed E-state index contributed by atoms with van der Waals surface area (Å²) >= 11 is 4.64. The van der Waals surface area contributed by atoms with E-state index >= 15 is 0 Å². The number of para-hydroxylation sites is 1. The lowest BCUT2D eigenvalue weighted by Gasteiger charge is -2.18. The molecule has 1 heterocycles. The Labute approximate surface area is 169 Å². The Morgan fingerprint density at radius 2 is 1.93 bits per heavy atom. The van der Waals surface area contributed by atoms with Crippen LogP contribution in [0.4, 0.5) is 0 Å². The molecule has 0 saturated carbocycles. The van der Waals surface area contributed by atoms with E-state index in [0.717, 1.165) is 4.47 Å². The largest absolute Gasteiger partial charge is 0.383 e. The van der Waals surface area contributed by atoms with Gasteiger partial charge < -0.3 is 4.74 Å². The van der Waals surface area contributed by atoms with Gasteiger partial charge in [-0.15, -0.1) is 0 Å². The standard InChI is InChI=1S/C20H19BrN2O3S/c1-13(11-26-2)23-19(25)16-5-3-4-6-17(16)22-20(23)27-12-18(24)14-7-9-15(21)10-8-14/h3-10,13H,11-12H2,1-2H3. The van der Waals surface area contributed by atoms with Crippen LogP contribution in [0.5, 0.6) is 0 Å². The summed E-state index contributed by atoms with van der Waals surface area (Å²) in [6, 6.07) is 14.3. The van der Waals surface area contributed by atoms with E-state index < -0.39 is 0 Å². The number of nitrogens with zero attached hydrogens (tertiary/aromatic N) is 2. The number of methoxy groups -OCH3 is 1. The molecule has 0 aliphatic heterocycles. The van der Waals surface area contributed by atoms with Crippen molar-refractivity contribution in [2.45, 2.75) is 18.1 Å². The van der Waals surface area contributed by atoms with Crippen molar-refractivity contribution >= 4 is 44.4 Å². The summed E-state index contributed by atoms with van der Waals surface area (Å²) in [6.45, 7) is 2.29. The summed E-state index contributed by atoms with van der Waals surface area (Å²) in [4.78, 5) is 30.1. The monoisotopic (exact) mass is 446 g/mol. The van der Waals surface area contributed by atoms with Crippen LogP contribution < -0.4 is 5.56 Å². The number of aromatic nitrogens is 2. The van der Waals surface area contributed by atoms with Crippen molar-refractivity contribution in [3.8, 4) is 0 Å². The highest BCUT2D eigenvalue weighted by Gasteiger charge is 2.18. The van der Waals surface area contributed by atoms with E-state index in [1.807, 2.05) is 37.3 Å². The Morgan fingerprint density at radius 3 is 2.63 bits per heavy atom. The Morgan fingerprint density at radius 1 is 1.22 bits per heavy atom. The number of halogens is 1. The Kier molecular flexibility index (Phi) is 6.46. The molecule has 2 aromatic carbocycles. The number of ketones is 1. The lowest BCUT2D eigenvalue weighted by Crippen LogP contribution is -2.28. The number of ether oxygens (including phenoxy) is 1. The van der Waals surface area contributed by atoms with E-state index in [1.54, 1.807) is 29.9 Å². The van der Waals surface area contributed by atoms with Crippen LogP contribution >= 0.6 is 27.7 Å². The van der Waals surface area contributed by atoms with Crippen molar-refractivity contribution < 1.29 is 9.53 Å². The van der Waals surface area contributed by atoms with Crippen LogP contribution in [-0.2, 0) is 4.74 Å². The zero-order valence-electron chi connectivity index (χ0n) is 15.0. The van der Waals surface area contributed by atoms with Gasteiger partial charge in [0, 0.05) is 17.1 Å². The fraction of sp³-hybridized carbons (Fsp3) is 0.250. The first-order chi connectivity index (χ1) is 13.0. The van der Waals surface area contributed by atoms with Crippen molar-refractivity contribution in [1.29, 1.82) is 0 Å². The number of Topliss-reactive ketones (excluding diaryl/α,β-unsaturated/α-hetero) is 1. The third-order valence-corrected chi connectivity index (χ3v) is 5.60. The molecule has 140 valence electrons. The molecular formula is C20H19BrN2O3S. The van der Waals surface area contributed by atoms with Crippen molar-refractivity contribution in [2.75, 3.05) is 19.5 Å². The highest BCUT2D eigenvalue weighted by molar-refractivity contribution is 9.10. The average molecular weight is 447 g/mol. The number of hydrogen-bond donors (Lipinski definition) is 0. The van der Waals surface area contributed by atoms with Gasteiger partial charge in [-0.3, -0.25) is 14.2 Å². The van der Waals surface area contributed by atoms with Crippen LogP contribution in [0, 0.1) is 0 Å². The highest BCUT2D eigenvalue weighted by Crippen LogP contribution is 2.22. The van der Waals surface area contributed by atoms with Crippen LogP contribution in [0.3, 0.4) is 0 Å². The second-order valence-corrected chi connectivity index (χ2v) is 7.97. The molecule has 0 amide bonds. The molecule has 5 nitrogen and oxygen atoms in total. The van der Waals surface area contributed by atoms with Crippen LogP contribution in [0.1, 0.15) is 23.3 Å². The minimum atomic E-state index is -0.190. The van der Waals surface area contributed by atoms with E-state index in [9.17, 15) is 9.59 Å². The molecular weight excluding hydrogens is 428 g/mol. The molecule has 0 saturated heterocycles. The summed E-state index contributed by atoms with van der Waals surface area (Å²) in [5, 5.41) is 1.08. The van der Waals surface area contributed by atoms with Crippen molar-refractivity contribution in [3.05, 3.63) is 68.9 Å². The Bertz CT molecular complexity index is 1020. The van der Waals surface area contributed by atoms with Crippen molar-refractivity contribution in [2.24, 2.45) is 0 Å². The van der Waals surface area contributed by atoms with Crippen molar-refractivity contribution in [1.82, 2.24) is 9.55 Å². The fourth-order valence-electron chi connectivity index (χ4n) is 2.78. The summed E-state index contributed by atoms with van der Waals surface area (Å²) < 4.78 is 7.76. The number of fused-ring (bicyclic) bond motifs is 1. The third-order valence-electron chi connectivity index (χ3n) is 4.12. The van der Waals surface area contributed by atoms with E-state index in [2.05, 4.69) is 20.9 Å². The first-order valence-electron chi connectivity index (χ1n) is 8.43. The molecule has 0 fully saturated rings. The first kappa shape index (κ1) is 19.8. The maximum atomic E-state index is 13.0. The molecule has 3 aromatic rings. The summed E-state index contributed by atoms with van der Waals surface area (Å²) in [5.41, 5.74) is 1.14. The fourth-order valence-corrected chi connectivity index (χ4v) is 4.04. The molecule has 27 heavy (non-hydrogen) atoms. The minimum absolute atomic E-state index is 0.0131. The van der Waals surface area contributed by atoms with Gasteiger partial charge in [0.2, 0.25) is 0 Å². The van der Waals surface area contributed by atoms with Gasteiger partial charge in [-0.05, 0) is 31.2 Å². The van der Waals surface area contributed by atoms with Crippen LogP contribution in [0.15, 0.2) is 63.0 Å². The van der Waals surface area contributed by atoms with Gasteiger partial charge in [0.25, 0.3) is 5.56 Å². The van der Waals surface area contributed by atoms with E-state index in [4.69, 9.17) is 4.74 Å². The number of hydrogen-bond acceptors (Lipinski definition) is 5. The van der Waals surface area contributed by atoms with E-state index in [-0.39, 0.29) is 23.1 Å².